The van der Waals surface area contributed by atoms with Crippen LogP contribution in [0, 0.1) is 13.8 Å². The molecule has 100 valence electrons. The van der Waals surface area contributed by atoms with Gasteiger partial charge in [-0.2, -0.15) is 0 Å². The number of aryl methyl sites for hydroxylation is 2. The standard InChI is InChI=1S/C15H24N2O/c1-11-5-6-13(12(2)9-11)7-8-17-14(18)10-15(3,4)16/h5-6,9H,7-8,10,16H2,1-4H3,(H,17,18). The summed E-state index contributed by atoms with van der Waals surface area (Å²) in [6.07, 6.45) is 1.22. The molecule has 0 spiro atoms. The molecule has 1 rings (SSSR count). The zero-order chi connectivity index (χ0) is 13.8. The third-order valence-corrected chi connectivity index (χ3v) is 2.83. The molecule has 1 amide bonds. The van der Waals surface area contributed by atoms with Crippen molar-refractivity contribution < 1.29 is 4.79 Å². The molecule has 0 aliphatic carbocycles. The predicted molar refractivity (Wildman–Crippen MR) is 75.5 cm³/mol. The molecular formula is C15H24N2O. The second-order valence-corrected chi connectivity index (χ2v) is 5.70. The lowest BCUT2D eigenvalue weighted by Crippen LogP contribution is -2.39. The van der Waals surface area contributed by atoms with E-state index in [1.165, 1.54) is 16.7 Å². The number of rotatable bonds is 5. The summed E-state index contributed by atoms with van der Waals surface area (Å²) in [4.78, 5) is 11.6. The van der Waals surface area contributed by atoms with Crippen molar-refractivity contribution >= 4 is 5.91 Å². The number of nitrogens with one attached hydrogen (secondary N) is 1. The van der Waals surface area contributed by atoms with Crippen LogP contribution in [0.25, 0.3) is 0 Å². The van der Waals surface area contributed by atoms with Gasteiger partial charge in [0.25, 0.3) is 0 Å². The molecule has 3 N–H and O–H groups in total. The van der Waals surface area contributed by atoms with Gasteiger partial charge in [-0.05, 0) is 45.2 Å². The largest absolute Gasteiger partial charge is 0.356 e. The lowest BCUT2D eigenvalue weighted by molar-refractivity contribution is -0.121. The SMILES string of the molecule is Cc1ccc(CCNC(=O)CC(C)(C)N)c(C)c1. The van der Waals surface area contributed by atoms with Crippen LogP contribution in [-0.4, -0.2) is 18.0 Å². The molecule has 0 fully saturated rings. The topological polar surface area (TPSA) is 55.1 Å². The average Bonchev–Trinajstić information content (AvgIpc) is 2.18. The van der Waals surface area contributed by atoms with E-state index in [0.717, 1.165) is 6.42 Å². The molecule has 1 aromatic rings. The van der Waals surface area contributed by atoms with Crippen LogP contribution in [0.4, 0.5) is 0 Å². The fourth-order valence-corrected chi connectivity index (χ4v) is 1.94. The Morgan fingerprint density at radius 3 is 2.56 bits per heavy atom. The Morgan fingerprint density at radius 2 is 2.00 bits per heavy atom. The van der Waals surface area contributed by atoms with Gasteiger partial charge in [0, 0.05) is 18.5 Å². The highest BCUT2D eigenvalue weighted by Crippen LogP contribution is 2.10. The van der Waals surface area contributed by atoms with Crippen LogP contribution in [0.1, 0.15) is 37.0 Å². The first-order valence-corrected chi connectivity index (χ1v) is 6.40. The van der Waals surface area contributed by atoms with Gasteiger partial charge in [0.15, 0.2) is 0 Å². The van der Waals surface area contributed by atoms with Crippen LogP contribution in [-0.2, 0) is 11.2 Å². The second-order valence-electron chi connectivity index (χ2n) is 5.70. The Hall–Kier alpha value is -1.35. The molecular weight excluding hydrogens is 224 g/mol. The Bertz CT molecular complexity index is 419. The fraction of sp³-hybridized carbons (Fsp3) is 0.533. The quantitative estimate of drug-likeness (QED) is 0.838. The number of hydrogen-bond donors (Lipinski definition) is 2. The maximum atomic E-state index is 11.6. The van der Waals surface area contributed by atoms with E-state index in [4.69, 9.17) is 5.73 Å². The Morgan fingerprint density at radius 1 is 1.33 bits per heavy atom. The van der Waals surface area contributed by atoms with Gasteiger partial charge >= 0.3 is 0 Å². The van der Waals surface area contributed by atoms with Crippen LogP contribution >= 0.6 is 0 Å². The molecule has 0 bridgehead atoms. The molecule has 0 aliphatic rings. The molecule has 0 atom stereocenters. The Labute approximate surface area is 110 Å². The van der Waals surface area contributed by atoms with Crippen LogP contribution in [0.15, 0.2) is 18.2 Å². The lowest BCUT2D eigenvalue weighted by atomic mass is 10.0. The smallest absolute Gasteiger partial charge is 0.221 e. The van der Waals surface area contributed by atoms with E-state index in [-0.39, 0.29) is 5.91 Å². The molecule has 18 heavy (non-hydrogen) atoms. The number of hydrogen-bond acceptors (Lipinski definition) is 2. The summed E-state index contributed by atoms with van der Waals surface area (Å²) in [6.45, 7) is 8.57. The van der Waals surface area contributed by atoms with E-state index >= 15 is 0 Å². The lowest BCUT2D eigenvalue weighted by Gasteiger charge is -2.17. The van der Waals surface area contributed by atoms with Crippen molar-refractivity contribution in [1.82, 2.24) is 5.32 Å². The van der Waals surface area contributed by atoms with E-state index in [1.54, 1.807) is 0 Å². The molecule has 0 unspecified atom stereocenters. The Kier molecular flexibility index (Phi) is 4.91. The summed E-state index contributed by atoms with van der Waals surface area (Å²) in [5.74, 6) is 0.0206. The summed E-state index contributed by atoms with van der Waals surface area (Å²) >= 11 is 0. The monoisotopic (exact) mass is 248 g/mol. The van der Waals surface area contributed by atoms with Crippen LogP contribution in [0.2, 0.25) is 0 Å². The van der Waals surface area contributed by atoms with Gasteiger partial charge < -0.3 is 11.1 Å². The molecule has 1 aromatic carbocycles. The van der Waals surface area contributed by atoms with E-state index in [2.05, 4.69) is 37.4 Å². The van der Waals surface area contributed by atoms with Crippen LogP contribution in [0.3, 0.4) is 0 Å². The van der Waals surface area contributed by atoms with Crippen molar-refractivity contribution in [2.75, 3.05) is 6.54 Å². The minimum absolute atomic E-state index is 0.0206. The van der Waals surface area contributed by atoms with Gasteiger partial charge in [-0.15, -0.1) is 0 Å². The normalized spacial score (nSPS) is 11.4. The van der Waals surface area contributed by atoms with Crippen molar-refractivity contribution in [1.29, 1.82) is 0 Å². The molecule has 0 radical (unpaired) electrons. The zero-order valence-electron chi connectivity index (χ0n) is 11.8. The highest BCUT2D eigenvalue weighted by molar-refractivity contribution is 5.77. The molecule has 0 saturated heterocycles. The molecule has 0 aromatic heterocycles. The van der Waals surface area contributed by atoms with Gasteiger partial charge in [0.2, 0.25) is 5.91 Å². The molecule has 0 aliphatic heterocycles. The van der Waals surface area contributed by atoms with Crippen molar-refractivity contribution in [3.63, 3.8) is 0 Å². The van der Waals surface area contributed by atoms with Gasteiger partial charge in [-0.1, -0.05) is 23.8 Å². The van der Waals surface area contributed by atoms with Gasteiger partial charge in [-0.25, -0.2) is 0 Å². The Balaban J connectivity index is 2.40. The first-order valence-electron chi connectivity index (χ1n) is 6.40. The zero-order valence-corrected chi connectivity index (χ0v) is 11.8. The minimum atomic E-state index is -0.441. The van der Waals surface area contributed by atoms with E-state index in [0.29, 0.717) is 13.0 Å². The summed E-state index contributed by atoms with van der Waals surface area (Å²) in [7, 11) is 0. The van der Waals surface area contributed by atoms with Crippen molar-refractivity contribution in [3.05, 3.63) is 34.9 Å². The average molecular weight is 248 g/mol. The van der Waals surface area contributed by atoms with Crippen LogP contribution < -0.4 is 11.1 Å². The summed E-state index contributed by atoms with van der Waals surface area (Å²) in [5, 5.41) is 2.91. The fourth-order valence-electron chi connectivity index (χ4n) is 1.94. The number of benzene rings is 1. The van der Waals surface area contributed by atoms with Crippen molar-refractivity contribution in [2.45, 2.75) is 46.1 Å². The highest BCUT2D eigenvalue weighted by atomic mass is 16.1. The maximum Gasteiger partial charge on any atom is 0.221 e. The summed E-state index contributed by atoms with van der Waals surface area (Å²) in [6, 6.07) is 6.40. The van der Waals surface area contributed by atoms with Gasteiger partial charge in [0.1, 0.15) is 0 Å². The molecule has 3 nitrogen and oxygen atoms in total. The maximum absolute atomic E-state index is 11.6. The number of amides is 1. The predicted octanol–water partition coefficient (Wildman–Crippen LogP) is 2.09. The summed E-state index contributed by atoms with van der Waals surface area (Å²) < 4.78 is 0. The van der Waals surface area contributed by atoms with E-state index < -0.39 is 5.54 Å². The van der Waals surface area contributed by atoms with Crippen molar-refractivity contribution in [3.8, 4) is 0 Å². The number of carbonyl (C=O) groups is 1. The third kappa shape index (κ3) is 5.32. The number of nitrogens with two attached hydrogens (primary N) is 1. The van der Waals surface area contributed by atoms with E-state index in [1.807, 2.05) is 13.8 Å². The van der Waals surface area contributed by atoms with Crippen molar-refractivity contribution in [2.24, 2.45) is 5.73 Å². The van der Waals surface area contributed by atoms with E-state index in [9.17, 15) is 4.79 Å². The minimum Gasteiger partial charge on any atom is -0.356 e. The van der Waals surface area contributed by atoms with Crippen LogP contribution in [0.5, 0.6) is 0 Å². The third-order valence-electron chi connectivity index (χ3n) is 2.83. The summed E-state index contributed by atoms with van der Waals surface area (Å²) in [5.41, 5.74) is 9.19. The van der Waals surface area contributed by atoms with Gasteiger partial charge in [0.05, 0.1) is 0 Å². The van der Waals surface area contributed by atoms with Gasteiger partial charge in [-0.3, -0.25) is 4.79 Å². The number of carbonyl (C=O) groups excluding carboxylic acids is 1. The molecule has 0 heterocycles. The highest BCUT2D eigenvalue weighted by Gasteiger charge is 2.15. The second kappa shape index (κ2) is 6.01. The molecule has 3 heteroatoms. The molecule has 0 saturated carbocycles. The first-order chi connectivity index (χ1) is 8.28. The first kappa shape index (κ1) is 14.7.